The molecule has 1 aromatic heterocycles. The molecule has 1 fully saturated rings. The fraction of sp³-hybridized carbons (Fsp3) is 0.333. The maximum atomic E-state index is 13.1. The summed E-state index contributed by atoms with van der Waals surface area (Å²) in [7, 11) is 1.45. The lowest BCUT2D eigenvalue weighted by molar-refractivity contribution is 0.0607. The average Bonchev–Trinajstić information content (AvgIpc) is 2.61. The lowest BCUT2D eigenvalue weighted by atomic mass is 9.94. The summed E-state index contributed by atoms with van der Waals surface area (Å²) in [6.45, 7) is 0.665. The maximum Gasteiger partial charge on any atom is 0.259 e. The molecule has 0 bridgehead atoms. The number of halogens is 1. The van der Waals surface area contributed by atoms with Crippen molar-refractivity contribution in [2.45, 2.75) is 25.3 Å². The van der Waals surface area contributed by atoms with Gasteiger partial charge in [-0.1, -0.05) is 23.7 Å². The molecule has 0 saturated carbocycles. The Hall–Kier alpha value is -2.27. The number of likely N-dealkylation sites (tertiary alicyclic amines) is 1. The third-order valence-electron chi connectivity index (χ3n) is 4.33. The Balaban J connectivity index is 1.96. The number of hydrogen-bond acceptors (Lipinski definition) is 3. The Bertz CT molecular complexity index is 803. The van der Waals surface area contributed by atoms with Crippen molar-refractivity contribution >= 4 is 17.5 Å². The summed E-state index contributed by atoms with van der Waals surface area (Å²) in [4.78, 5) is 28.9. The predicted octanol–water partition coefficient (Wildman–Crippen LogP) is 3.40. The van der Waals surface area contributed by atoms with Gasteiger partial charge in [0.15, 0.2) is 0 Å². The summed E-state index contributed by atoms with van der Waals surface area (Å²) >= 11 is 6.11. The number of aromatic amines is 1. The number of nitrogens with zero attached hydrogens (tertiary/aromatic N) is 1. The minimum absolute atomic E-state index is 0.0263. The van der Waals surface area contributed by atoms with Crippen LogP contribution in [0.15, 0.2) is 41.3 Å². The molecule has 0 aliphatic carbocycles. The van der Waals surface area contributed by atoms with Crippen LogP contribution in [0.4, 0.5) is 0 Å². The zero-order valence-electron chi connectivity index (χ0n) is 13.4. The number of H-pyrrole nitrogens is 1. The first-order valence-electron chi connectivity index (χ1n) is 7.93. The Morgan fingerprint density at radius 2 is 2.17 bits per heavy atom. The molecule has 1 N–H and O–H groups in total. The number of piperidine rings is 1. The lowest BCUT2D eigenvalue weighted by Gasteiger charge is -2.36. The molecule has 3 rings (SSSR count). The molecule has 1 aliphatic rings. The third-order valence-corrected chi connectivity index (χ3v) is 4.57. The van der Waals surface area contributed by atoms with Crippen LogP contribution >= 0.6 is 11.6 Å². The average molecular weight is 347 g/mol. The van der Waals surface area contributed by atoms with Gasteiger partial charge in [0, 0.05) is 23.8 Å². The molecule has 0 radical (unpaired) electrons. The molecule has 1 amide bonds. The van der Waals surface area contributed by atoms with Gasteiger partial charge in [-0.15, -0.1) is 0 Å². The molecular formula is C18H19ClN2O3. The van der Waals surface area contributed by atoms with E-state index in [0.29, 0.717) is 22.9 Å². The van der Waals surface area contributed by atoms with Crippen molar-refractivity contribution in [2.24, 2.45) is 0 Å². The fourth-order valence-corrected chi connectivity index (χ4v) is 3.38. The first-order valence-corrected chi connectivity index (χ1v) is 8.31. The van der Waals surface area contributed by atoms with Gasteiger partial charge in [-0.25, -0.2) is 0 Å². The molecule has 126 valence electrons. The van der Waals surface area contributed by atoms with Crippen molar-refractivity contribution < 1.29 is 9.53 Å². The summed E-state index contributed by atoms with van der Waals surface area (Å²) in [6.07, 6.45) is 4.32. The normalized spacial score (nSPS) is 17.6. The topological polar surface area (TPSA) is 62.4 Å². The first-order chi connectivity index (χ1) is 11.6. The van der Waals surface area contributed by atoms with Crippen LogP contribution in [0.2, 0.25) is 5.02 Å². The van der Waals surface area contributed by atoms with Crippen LogP contribution in [0.5, 0.6) is 5.75 Å². The van der Waals surface area contributed by atoms with Crippen molar-refractivity contribution in [3.8, 4) is 5.75 Å². The van der Waals surface area contributed by atoms with Gasteiger partial charge in [0.05, 0.1) is 18.7 Å². The van der Waals surface area contributed by atoms with Crippen molar-refractivity contribution in [3.05, 3.63) is 63.0 Å². The van der Waals surface area contributed by atoms with Crippen LogP contribution in [0.3, 0.4) is 0 Å². The second-order valence-corrected chi connectivity index (χ2v) is 6.28. The van der Waals surface area contributed by atoms with E-state index in [1.165, 1.54) is 19.4 Å². The molecule has 1 atom stereocenters. The van der Waals surface area contributed by atoms with Gasteiger partial charge < -0.3 is 14.6 Å². The van der Waals surface area contributed by atoms with E-state index in [0.717, 1.165) is 24.8 Å². The molecule has 2 aromatic rings. The van der Waals surface area contributed by atoms with E-state index in [-0.39, 0.29) is 17.5 Å². The van der Waals surface area contributed by atoms with Gasteiger partial charge in [-0.2, -0.15) is 0 Å². The van der Waals surface area contributed by atoms with Crippen molar-refractivity contribution in [2.75, 3.05) is 13.7 Å². The Kier molecular flexibility index (Phi) is 4.90. The predicted molar refractivity (Wildman–Crippen MR) is 92.7 cm³/mol. The molecule has 1 saturated heterocycles. The van der Waals surface area contributed by atoms with Crippen LogP contribution in [0, 0.1) is 0 Å². The number of nitrogens with one attached hydrogen (secondary N) is 1. The number of aromatic nitrogens is 1. The third kappa shape index (κ3) is 3.31. The summed E-state index contributed by atoms with van der Waals surface area (Å²) in [5.74, 6) is 0.145. The van der Waals surface area contributed by atoms with Gasteiger partial charge in [0.2, 0.25) is 0 Å². The summed E-state index contributed by atoms with van der Waals surface area (Å²) in [5, 5.41) is 0.659. The fourth-order valence-electron chi connectivity index (χ4n) is 3.18. The summed E-state index contributed by atoms with van der Waals surface area (Å²) in [5.41, 5.74) is 1.10. The van der Waals surface area contributed by atoms with E-state index >= 15 is 0 Å². The van der Waals surface area contributed by atoms with E-state index < -0.39 is 0 Å². The first kappa shape index (κ1) is 16.6. The molecule has 24 heavy (non-hydrogen) atoms. The van der Waals surface area contributed by atoms with Gasteiger partial charge in [0.25, 0.3) is 11.5 Å². The molecule has 1 aromatic carbocycles. The Morgan fingerprint density at radius 3 is 2.92 bits per heavy atom. The molecule has 0 spiro atoms. The number of benzene rings is 1. The molecule has 2 heterocycles. The Morgan fingerprint density at radius 1 is 1.33 bits per heavy atom. The lowest BCUT2D eigenvalue weighted by Crippen LogP contribution is -2.38. The van der Waals surface area contributed by atoms with Crippen LogP contribution < -0.4 is 10.3 Å². The highest BCUT2D eigenvalue weighted by Crippen LogP contribution is 2.34. The van der Waals surface area contributed by atoms with Crippen molar-refractivity contribution in [3.63, 3.8) is 0 Å². The zero-order valence-corrected chi connectivity index (χ0v) is 14.2. The summed E-state index contributed by atoms with van der Waals surface area (Å²) in [6, 6.07) is 8.89. The zero-order chi connectivity index (χ0) is 17.1. The SMILES string of the molecule is COc1cc(=O)[nH]cc1C(=O)N1CCCCC1c1cccc(Cl)c1. The highest BCUT2D eigenvalue weighted by molar-refractivity contribution is 6.30. The number of ether oxygens (including phenoxy) is 1. The second-order valence-electron chi connectivity index (χ2n) is 5.84. The minimum atomic E-state index is -0.298. The molecule has 1 unspecified atom stereocenters. The van der Waals surface area contributed by atoms with E-state index in [1.807, 2.05) is 29.2 Å². The number of methoxy groups -OCH3 is 1. The van der Waals surface area contributed by atoms with Gasteiger partial charge >= 0.3 is 0 Å². The number of carbonyl (C=O) groups excluding carboxylic acids is 1. The van der Waals surface area contributed by atoms with E-state index in [4.69, 9.17) is 16.3 Å². The number of carbonyl (C=O) groups is 1. The van der Waals surface area contributed by atoms with Crippen molar-refractivity contribution in [1.82, 2.24) is 9.88 Å². The highest BCUT2D eigenvalue weighted by atomic mass is 35.5. The van der Waals surface area contributed by atoms with E-state index in [2.05, 4.69) is 4.98 Å². The monoisotopic (exact) mass is 346 g/mol. The quantitative estimate of drug-likeness (QED) is 0.926. The van der Waals surface area contributed by atoms with E-state index in [9.17, 15) is 9.59 Å². The smallest absolute Gasteiger partial charge is 0.259 e. The van der Waals surface area contributed by atoms with Crippen molar-refractivity contribution in [1.29, 1.82) is 0 Å². The van der Waals surface area contributed by atoms with Crippen LogP contribution in [-0.2, 0) is 0 Å². The molecule has 6 heteroatoms. The minimum Gasteiger partial charge on any atom is -0.496 e. The van der Waals surface area contributed by atoms with Crippen LogP contribution in [-0.4, -0.2) is 29.4 Å². The number of amides is 1. The largest absolute Gasteiger partial charge is 0.496 e. The summed E-state index contributed by atoms with van der Waals surface area (Å²) < 4.78 is 5.21. The number of pyridine rings is 1. The van der Waals surface area contributed by atoms with Gasteiger partial charge in [-0.05, 0) is 37.0 Å². The van der Waals surface area contributed by atoms with Gasteiger partial charge in [0.1, 0.15) is 5.75 Å². The number of hydrogen-bond donors (Lipinski definition) is 1. The standard InChI is InChI=1S/C18H19ClN2O3/c1-24-16-10-17(22)20-11-14(16)18(23)21-8-3-2-7-15(21)12-5-4-6-13(19)9-12/h4-6,9-11,15H,2-3,7-8H2,1H3,(H,20,22). The molecule has 5 nitrogen and oxygen atoms in total. The van der Waals surface area contributed by atoms with E-state index in [1.54, 1.807) is 0 Å². The maximum absolute atomic E-state index is 13.1. The highest BCUT2D eigenvalue weighted by Gasteiger charge is 2.30. The van der Waals surface area contributed by atoms with Crippen LogP contribution in [0.25, 0.3) is 0 Å². The van der Waals surface area contributed by atoms with Gasteiger partial charge in [-0.3, -0.25) is 9.59 Å². The van der Waals surface area contributed by atoms with Crippen LogP contribution in [0.1, 0.15) is 41.2 Å². The molecular weight excluding hydrogens is 328 g/mol. The second kappa shape index (κ2) is 7.09. The Labute approximate surface area is 145 Å². The number of rotatable bonds is 3. The molecule has 1 aliphatic heterocycles.